The molecule has 7 heteroatoms. The summed E-state index contributed by atoms with van der Waals surface area (Å²) in [6, 6.07) is 0. The molecule has 0 bridgehead atoms. The molecule has 82 valence electrons. The molecule has 0 aliphatic heterocycles. The molecule has 1 amide bonds. The van der Waals surface area contributed by atoms with E-state index in [-0.39, 0.29) is 5.56 Å². The van der Waals surface area contributed by atoms with Crippen LogP contribution in [0.5, 0.6) is 0 Å². The molecule has 1 aromatic rings. The second-order valence-corrected chi connectivity index (χ2v) is 2.97. The van der Waals surface area contributed by atoms with E-state index in [1.54, 1.807) is 0 Å². The van der Waals surface area contributed by atoms with Crippen LogP contribution in [0.4, 0.5) is 4.39 Å². The Morgan fingerprint density at radius 2 is 2.00 bits per heavy atom. The van der Waals surface area contributed by atoms with Gasteiger partial charge in [0.2, 0.25) is 5.91 Å². The molecular formula is C8H10FN3O3. The Morgan fingerprint density at radius 3 is 2.47 bits per heavy atom. The molecule has 0 aliphatic rings. The van der Waals surface area contributed by atoms with Crippen molar-refractivity contribution in [3.63, 3.8) is 0 Å². The number of hydrogen-bond donors (Lipinski definition) is 3. The van der Waals surface area contributed by atoms with E-state index in [0.717, 1.165) is 12.4 Å². The number of carbonyl (C=O) groups is 1. The van der Waals surface area contributed by atoms with Crippen LogP contribution in [0.1, 0.15) is 18.1 Å². The molecule has 15 heavy (non-hydrogen) atoms. The number of halogens is 1. The standard InChI is InChI=1S/C8H10FN3O3/c9-8-11-2-4(3-12-8)7(15)5(13)1-6(10)14/h2-3,5,7,13,15H,1H2,(H2,10,14). The average molecular weight is 215 g/mol. The third-order valence-corrected chi connectivity index (χ3v) is 1.76. The number of rotatable bonds is 4. The minimum Gasteiger partial charge on any atom is -0.390 e. The van der Waals surface area contributed by atoms with Gasteiger partial charge in [0.05, 0.1) is 12.5 Å². The van der Waals surface area contributed by atoms with E-state index in [1.165, 1.54) is 0 Å². The molecule has 1 rings (SSSR count). The van der Waals surface area contributed by atoms with E-state index in [0.29, 0.717) is 0 Å². The predicted octanol–water partition coefficient (Wildman–Crippen LogP) is -1.11. The number of aliphatic hydroxyl groups excluding tert-OH is 2. The van der Waals surface area contributed by atoms with Gasteiger partial charge >= 0.3 is 6.08 Å². The molecule has 1 heterocycles. The monoisotopic (exact) mass is 215 g/mol. The van der Waals surface area contributed by atoms with Crippen molar-refractivity contribution in [1.29, 1.82) is 0 Å². The van der Waals surface area contributed by atoms with Crippen molar-refractivity contribution in [2.24, 2.45) is 5.73 Å². The van der Waals surface area contributed by atoms with Gasteiger partial charge in [0.25, 0.3) is 0 Å². The highest BCUT2D eigenvalue weighted by molar-refractivity contribution is 5.74. The van der Waals surface area contributed by atoms with Gasteiger partial charge in [-0.2, -0.15) is 4.39 Å². The first-order valence-electron chi connectivity index (χ1n) is 4.12. The van der Waals surface area contributed by atoms with Crippen LogP contribution in [0.15, 0.2) is 12.4 Å². The van der Waals surface area contributed by atoms with Crippen molar-refractivity contribution in [3.8, 4) is 0 Å². The highest BCUT2D eigenvalue weighted by atomic mass is 19.1. The fourth-order valence-electron chi connectivity index (χ4n) is 1.01. The Kier molecular flexibility index (Phi) is 3.64. The Hall–Kier alpha value is -1.60. The summed E-state index contributed by atoms with van der Waals surface area (Å²) in [5.41, 5.74) is 4.95. The lowest BCUT2D eigenvalue weighted by Gasteiger charge is -2.15. The van der Waals surface area contributed by atoms with Gasteiger partial charge in [-0.3, -0.25) is 4.79 Å². The van der Waals surface area contributed by atoms with Crippen LogP contribution in [-0.2, 0) is 4.79 Å². The summed E-state index contributed by atoms with van der Waals surface area (Å²) in [5.74, 6) is -0.746. The van der Waals surface area contributed by atoms with Crippen molar-refractivity contribution >= 4 is 5.91 Å². The van der Waals surface area contributed by atoms with Crippen LogP contribution in [0.2, 0.25) is 0 Å². The van der Waals surface area contributed by atoms with Crippen LogP contribution < -0.4 is 5.73 Å². The summed E-state index contributed by atoms with van der Waals surface area (Å²) in [5, 5.41) is 18.8. The van der Waals surface area contributed by atoms with Gasteiger partial charge in [-0.15, -0.1) is 0 Å². The molecule has 0 aliphatic carbocycles. The van der Waals surface area contributed by atoms with E-state index in [9.17, 15) is 19.4 Å². The second kappa shape index (κ2) is 4.76. The van der Waals surface area contributed by atoms with Crippen LogP contribution in [0.3, 0.4) is 0 Å². The minimum atomic E-state index is -1.36. The van der Waals surface area contributed by atoms with Gasteiger partial charge in [0.15, 0.2) is 0 Å². The first kappa shape index (κ1) is 11.5. The van der Waals surface area contributed by atoms with E-state index in [2.05, 4.69) is 9.97 Å². The first-order valence-corrected chi connectivity index (χ1v) is 4.12. The number of aromatic nitrogens is 2. The molecule has 0 spiro atoms. The van der Waals surface area contributed by atoms with E-state index >= 15 is 0 Å². The number of nitrogens with zero attached hydrogens (tertiary/aromatic N) is 2. The summed E-state index contributed by atoms with van der Waals surface area (Å²) in [7, 11) is 0. The number of primary amides is 1. The number of aliphatic hydroxyl groups is 2. The Bertz CT molecular complexity index is 343. The van der Waals surface area contributed by atoms with Gasteiger partial charge < -0.3 is 15.9 Å². The van der Waals surface area contributed by atoms with Crippen molar-refractivity contribution in [1.82, 2.24) is 9.97 Å². The fraction of sp³-hybridized carbons (Fsp3) is 0.375. The molecule has 0 radical (unpaired) electrons. The number of hydrogen-bond acceptors (Lipinski definition) is 5. The number of carbonyl (C=O) groups excluding carboxylic acids is 1. The molecule has 1 aromatic heterocycles. The molecule has 0 fully saturated rings. The van der Waals surface area contributed by atoms with Crippen LogP contribution >= 0.6 is 0 Å². The van der Waals surface area contributed by atoms with Crippen molar-refractivity contribution < 1.29 is 19.4 Å². The van der Waals surface area contributed by atoms with Crippen molar-refractivity contribution in [3.05, 3.63) is 24.0 Å². The van der Waals surface area contributed by atoms with Crippen molar-refractivity contribution in [2.75, 3.05) is 0 Å². The zero-order chi connectivity index (χ0) is 11.4. The normalized spacial score (nSPS) is 14.6. The van der Waals surface area contributed by atoms with Crippen LogP contribution in [0, 0.1) is 6.08 Å². The molecule has 0 saturated heterocycles. The third kappa shape index (κ3) is 3.22. The maximum absolute atomic E-state index is 12.3. The third-order valence-electron chi connectivity index (χ3n) is 1.76. The highest BCUT2D eigenvalue weighted by Gasteiger charge is 2.20. The van der Waals surface area contributed by atoms with Gasteiger partial charge in [0, 0.05) is 18.0 Å². The average Bonchev–Trinajstić information content (AvgIpc) is 2.17. The molecule has 0 saturated carbocycles. The first-order chi connectivity index (χ1) is 7.00. The van der Waals surface area contributed by atoms with Crippen LogP contribution in [-0.4, -0.2) is 32.2 Å². The Morgan fingerprint density at radius 1 is 1.47 bits per heavy atom. The smallest absolute Gasteiger partial charge is 0.308 e. The molecule has 6 nitrogen and oxygen atoms in total. The number of amides is 1. The van der Waals surface area contributed by atoms with E-state index in [4.69, 9.17) is 5.73 Å². The van der Waals surface area contributed by atoms with E-state index in [1.807, 2.05) is 0 Å². The topological polar surface area (TPSA) is 109 Å². The summed E-state index contributed by atoms with van der Waals surface area (Å²) < 4.78 is 12.3. The zero-order valence-electron chi connectivity index (χ0n) is 7.67. The summed E-state index contributed by atoms with van der Waals surface area (Å²) in [4.78, 5) is 16.9. The molecule has 4 N–H and O–H groups in total. The van der Waals surface area contributed by atoms with Gasteiger partial charge in [-0.25, -0.2) is 9.97 Å². The fourth-order valence-corrected chi connectivity index (χ4v) is 1.01. The molecule has 2 unspecified atom stereocenters. The molecular weight excluding hydrogens is 205 g/mol. The Balaban J connectivity index is 2.71. The zero-order valence-corrected chi connectivity index (χ0v) is 7.67. The second-order valence-electron chi connectivity index (χ2n) is 2.97. The van der Waals surface area contributed by atoms with Gasteiger partial charge in [-0.05, 0) is 0 Å². The SMILES string of the molecule is NC(=O)CC(O)C(O)c1cnc(F)nc1. The van der Waals surface area contributed by atoms with Crippen molar-refractivity contribution in [2.45, 2.75) is 18.6 Å². The quantitative estimate of drug-likeness (QED) is 0.551. The summed E-state index contributed by atoms with van der Waals surface area (Å²) >= 11 is 0. The predicted molar refractivity (Wildman–Crippen MR) is 46.8 cm³/mol. The number of nitrogens with two attached hydrogens (primary N) is 1. The lowest BCUT2D eigenvalue weighted by molar-refractivity contribution is -0.121. The largest absolute Gasteiger partial charge is 0.390 e. The van der Waals surface area contributed by atoms with Gasteiger partial charge in [-0.1, -0.05) is 0 Å². The summed E-state index contributed by atoms with van der Waals surface area (Å²) in [6.45, 7) is 0. The van der Waals surface area contributed by atoms with E-state index < -0.39 is 30.6 Å². The Labute approximate surface area is 84.6 Å². The lowest BCUT2D eigenvalue weighted by atomic mass is 10.1. The van der Waals surface area contributed by atoms with Gasteiger partial charge in [0.1, 0.15) is 6.10 Å². The minimum absolute atomic E-state index is 0.116. The maximum atomic E-state index is 12.3. The maximum Gasteiger partial charge on any atom is 0.308 e. The lowest BCUT2D eigenvalue weighted by Crippen LogP contribution is -2.25. The molecule has 2 atom stereocenters. The molecule has 0 aromatic carbocycles. The summed E-state index contributed by atoms with van der Waals surface area (Å²) in [6.07, 6.45) is -1.99. The van der Waals surface area contributed by atoms with Crippen LogP contribution in [0.25, 0.3) is 0 Å². The highest BCUT2D eigenvalue weighted by Crippen LogP contribution is 2.16.